The summed E-state index contributed by atoms with van der Waals surface area (Å²) in [5.41, 5.74) is 0. The van der Waals surface area contributed by atoms with Crippen molar-refractivity contribution in [2.45, 2.75) is 124 Å². The SMILES string of the molecule is CCCCCCCCC(c1[nH]cc[n+]1C(C)CCCCCC)C(C)C. The fraction of sp³-hybridized carbons (Fsp3) is 0.870. The van der Waals surface area contributed by atoms with Gasteiger partial charge in [0.2, 0.25) is 0 Å². The maximum atomic E-state index is 3.59. The summed E-state index contributed by atoms with van der Waals surface area (Å²) in [4.78, 5) is 3.59. The lowest BCUT2D eigenvalue weighted by atomic mass is 9.89. The molecule has 0 aliphatic heterocycles. The van der Waals surface area contributed by atoms with Gasteiger partial charge in [-0.15, -0.1) is 0 Å². The van der Waals surface area contributed by atoms with Crippen LogP contribution in [0, 0.1) is 5.92 Å². The average molecular weight is 350 g/mol. The summed E-state index contributed by atoms with van der Waals surface area (Å²) < 4.78 is 2.54. The van der Waals surface area contributed by atoms with Gasteiger partial charge < -0.3 is 0 Å². The standard InChI is InChI=1S/C23H44N2/c1-6-8-10-12-13-15-17-22(20(3)4)23-24-18-19-25(23)21(5)16-14-11-9-7-2/h18-22H,6-17H2,1-5H3/p+1. The molecule has 1 aromatic heterocycles. The molecule has 1 rings (SSSR count). The second-order valence-electron chi connectivity index (χ2n) is 8.36. The third-order valence-electron chi connectivity index (χ3n) is 5.72. The van der Waals surface area contributed by atoms with Gasteiger partial charge in [-0.25, -0.2) is 9.55 Å². The van der Waals surface area contributed by atoms with Crippen LogP contribution in [0.25, 0.3) is 0 Å². The van der Waals surface area contributed by atoms with Gasteiger partial charge in [-0.05, 0) is 32.1 Å². The molecular weight excluding hydrogens is 304 g/mol. The highest BCUT2D eigenvalue weighted by Crippen LogP contribution is 2.28. The van der Waals surface area contributed by atoms with Crippen molar-refractivity contribution >= 4 is 0 Å². The zero-order chi connectivity index (χ0) is 18.5. The summed E-state index contributed by atoms with van der Waals surface area (Å²) in [6.45, 7) is 11.8. The zero-order valence-corrected chi connectivity index (χ0v) is 17.8. The van der Waals surface area contributed by atoms with Crippen LogP contribution < -0.4 is 4.57 Å². The van der Waals surface area contributed by atoms with Gasteiger partial charge in [0.25, 0.3) is 5.82 Å². The van der Waals surface area contributed by atoms with Gasteiger partial charge in [0.15, 0.2) is 0 Å². The van der Waals surface area contributed by atoms with Gasteiger partial charge in [-0.1, -0.05) is 85.5 Å². The Morgan fingerprint density at radius 3 is 2.00 bits per heavy atom. The third-order valence-corrected chi connectivity index (χ3v) is 5.72. The Bertz CT molecular complexity index is 421. The first-order valence-corrected chi connectivity index (χ1v) is 11.2. The van der Waals surface area contributed by atoms with E-state index in [1.165, 1.54) is 82.9 Å². The molecule has 1 aromatic rings. The molecule has 0 fully saturated rings. The monoisotopic (exact) mass is 349 g/mol. The molecule has 0 amide bonds. The van der Waals surface area contributed by atoms with E-state index in [1.807, 2.05) is 0 Å². The summed E-state index contributed by atoms with van der Waals surface area (Å²) in [7, 11) is 0. The highest BCUT2D eigenvalue weighted by Gasteiger charge is 2.27. The minimum absolute atomic E-state index is 0.615. The van der Waals surface area contributed by atoms with Crippen LogP contribution in [0.4, 0.5) is 0 Å². The van der Waals surface area contributed by atoms with E-state index < -0.39 is 0 Å². The predicted octanol–water partition coefficient (Wildman–Crippen LogP) is 7.32. The number of aromatic amines is 1. The Labute approximate surface area is 157 Å². The molecule has 0 aromatic carbocycles. The highest BCUT2D eigenvalue weighted by atomic mass is 15.1. The molecule has 0 radical (unpaired) electrons. The maximum absolute atomic E-state index is 3.59. The molecule has 0 bridgehead atoms. The summed E-state index contributed by atoms with van der Waals surface area (Å²) in [5.74, 6) is 2.83. The van der Waals surface area contributed by atoms with Crippen molar-refractivity contribution in [3.8, 4) is 0 Å². The van der Waals surface area contributed by atoms with Crippen LogP contribution in [0.2, 0.25) is 0 Å². The predicted molar refractivity (Wildman–Crippen MR) is 110 cm³/mol. The molecule has 0 saturated carbocycles. The van der Waals surface area contributed by atoms with Crippen molar-refractivity contribution in [1.29, 1.82) is 0 Å². The van der Waals surface area contributed by atoms with Crippen molar-refractivity contribution < 1.29 is 4.57 Å². The van der Waals surface area contributed by atoms with E-state index in [9.17, 15) is 0 Å². The Kier molecular flexibility index (Phi) is 11.9. The van der Waals surface area contributed by atoms with Gasteiger partial charge in [-0.3, -0.25) is 0 Å². The van der Waals surface area contributed by atoms with Gasteiger partial charge in [-0.2, -0.15) is 0 Å². The van der Waals surface area contributed by atoms with Crippen LogP contribution >= 0.6 is 0 Å². The molecule has 2 nitrogen and oxygen atoms in total. The van der Waals surface area contributed by atoms with Crippen LogP contribution in [0.3, 0.4) is 0 Å². The largest absolute Gasteiger partial charge is 0.257 e. The van der Waals surface area contributed by atoms with E-state index in [1.54, 1.807) is 0 Å². The van der Waals surface area contributed by atoms with Crippen LogP contribution in [0.15, 0.2) is 12.4 Å². The summed E-state index contributed by atoms with van der Waals surface area (Å²) in [6.07, 6.45) is 20.8. The first-order valence-electron chi connectivity index (χ1n) is 11.2. The van der Waals surface area contributed by atoms with E-state index in [-0.39, 0.29) is 0 Å². The molecule has 1 N–H and O–H groups in total. The number of hydrogen-bond donors (Lipinski definition) is 1. The van der Waals surface area contributed by atoms with Crippen molar-refractivity contribution in [2.75, 3.05) is 0 Å². The Morgan fingerprint density at radius 1 is 0.800 bits per heavy atom. The fourth-order valence-corrected chi connectivity index (χ4v) is 3.98. The molecule has 0 aliphatic carbocycles. The molecule has 2 atom stereocenters. The van der Waals surface area contributed by atoms with Crippen molar-refractivity contribution in [3.05, 3.63) is 18.2 Å². The number of unbranched alkanes of at least 4 members (excludes halogenated alkanes) is 8. The van der Waals surface area contributed by atoms with Gasteiger partial charge in [0, 0.05) is 0 Å². The Balaban J connectivity index is 2.55. The Morgan fingerprint density at radius 2 is 1.36 bits per heavy atom. The first-order chi connectivity index (χ1) is 12.1. The number of imidazole rings is 1. The molecule has 2 unspecified atom stereocenters. The van der Waals surface area contributed by atoms with Gasteiger partial charge >= 0.3 is 0 Å². The number of nitrogens with one attached hydrogen (secondary N) is 1. The second kappa shape index (κ2) is 13.4. The van der Waals surface area contributed by atoms with Crippen molar-refractivity contribution in [2.24, 2.45) is 5.92 Å². The minimum Gasteiger partial charge on any atom is -0.247 e. The topological polar surface area (TPSA) is 19.7 Å². The van der Waals surface area contributed by atoms with Crippen LogP contribution in [-0.4, -0.2) is 4.98 Å². The molecule has 25 heavy (non-hydrogen) atoms. The van der Waals surface area contributed by atoms with Crippen LogP contribution in [0.5, 0.6) is 0 Å². The van der Waals surface area contributed by atoms with E-state index in [0.29, 0.717) is 17.9 Å². The first kappa shape index (κ1) is 22.3. The average Bonchev–Trinajstić information content (AvgIpc) is 3.07. The van der Waals surface area contributed by atoms with Crippen molar-refractivity contribution in [3.63, 3.8) is 0 Å². The lowest BCUT2D eigenvalue weighted by molar-refractivity contribution is -0.727. The summed E-state index contributed by atoms with van der Waals surface area (Å²) in [5, 5.41) is 0. The highest BCUT2D eigenvalue weighted by molar-refractivity contribution is 4.92. The normalized spacial score (nSPS) is 14.2. The number of hydrogen-bond acceptors (Lipinski definition) is 0. The zero-order valence-electron chi connectivity index (χ0n) is 17.8. The maximum Gasteiger partial charge on any atom is 0.257 e. The minimum atomic E-state index is 0.615. The van der Waals surface area contributed by atoms with Crippen LogP contribution in [-0.2, 0) is 0 Å². The van der Waals surface area contributed by atoms with Gasteiger partial charge in [0.05, 0.1) is 12.0 Å². The summed E-state index contributed by atoms with van der Waals surface area (Å²) in [6, 6.07) is 0.615. The van der Waals surface area contributed by atoms with E-state index in [0.717, 1.165) is 0 Å². The van der Waals surface area contributed by atoms with E-state index in [4.69, 9.17) is 0 Å². The quantitative estimate of drug-likeness (QED) is 0.253. The van der Waals surface area contributed by atoms with Crippen LogP contribution in [0.1, 0.15) is 129 Å². The smallest absolute Gasteiger partial charge is 0.247 e. The number of rotatable bonds is 15. The van der Waals surface area contributed by atoms with E-state index in [2.05, 4.69) is 56.6 Å². The molecule has 146 valence electrons. The number of aromatic nitrogens is 2. The molecule has 0 saturated heterocycles. The second-order valence-corrected chi connectivity index (χ2v) is 8.36. The molecule has 0 aliphatic rings. The molecule has 2 heteroatoms. The molecular formula is C23H45N2+. The molecule has 1 heterocycles. The molecule has 0 spiro atoms. The third kappa shape index (κ3) is 8.42. The Hall–Kier alpha value is -0.790. The fourth-order valence-electron chi connectivity index (χ4n) is 3.98. The number of nitrogens with zero attached hydrogens (tertiary/aromatic N) is 1. The number of H-pyrrole nitrogens is 1. The van der Waals surface area contributed by atoms with Crippen molar-refractivity contribution in [1.82, 2.24) is 4.98 Å². The van der Waals surface area contributed by atoms with Gasteiger partial charge in [0.1, 0.15) is 12.4 Å². The lowest BCUT2D eigenvalue weighted by Crippen LogP contribution is -2.41. The van der Waals surface area contributed by atoms with E-state index >= 15 is 0 Å². The lowest BCUT2D eigenvalue weighted by Gasteiger charge is -2.20. The summed E-state index contributed by atoms with van der Waals surface area (Å²) >= 11 is 0.